The number of nitrogens with zero attached hydrogens (tertiary/aromatic N) is 2. The van der Waals surface area contributed by atoms with Crippen molar-refractivity contribution in [2.24, 2.45) is 5.73 Å². The molecule has 1 aromatic rings. The van der Waals surface area contributed by atoms with Crippen molar-refractivity contribution in [2.45, 2.75) is 19.4 Å². The van der Waals surface area contributed by atoms with E-state index in [-0.39, 0.29) is 18.5 Å². The Morgan fingerprint density at radius 2 is 2.38 bits per heavy atom. The SMILES string of the molecule is CCOC(=O)c1noc(CC(CN)OC)n1. The van der Waals surface area contributed by atoms with Gasteiger partial charge in [0.2, 0.25) is 5.89 Å². The van der Waals surface area contributed by atoms with Crippen molar-refractivity contribution in [2.75, 3.05) is 20.3 Å². The molecular weight excluding hydrogens is 214 g/mol. The molecule has 0 aliphatic rings. The molecule has 0 aliphatic carbocycles. The van der Waals surface area contributed by atoms with Crippen LogP contribution in [0, 0.1) is 0 Å². The normalized spacial score (nSPS) is 12.4. The Hall–Kier alpha value is -1.47. The second-order valence-corrected chi connectivity index (χ2v) is 3.03. The Bertz CT molecular complexity index is 335. The summed E-state index contributed by atoms with van der Waals surface area (Å²) in [4.78, 5) is 15.1. The number of rotatable bonds is 6. The van der Waals surface area contributed by atoms with Gasteiger partial charge in [0.05, 0.1) is 19.1 Å². The monoisotopic (exact) mass is 229 g/mol. The minimum atomic E-state index is -0.598. The van der Waals surface area contributed by atoms with E-state index in [1.54, 1.807) is 14.0 Å². The van der Waals surface area contributed by atoms with Crippen LogP contribution in [0.3, 0.4) is 0 Å². The van der Waals surface area contributed by atoms with Gasteiger partial charge in [0, 0.05) is 13.7 Å². The molecule has 1 unspecified atom stereocenters. The molecule has 7 heteroatoms. The van der Waals surface area contributed by atoms with Crippen LogP contribution in [0.5, 0.6) is 0 Å². The van der Waals surface area contributed by atoms with E-state index in [0.717, 1.165) is 0 Å². The molecule has 0 radical (unpaired) electrons. The van der Waals surface area contributed by atoms with E-state index in [4.69, 9.17) is 19.7 Å². The highest BCUT2D eigenvalue weighted by atomic mass is 16.5. The van der Waals surface area contributed by atoms with Gasteiger partial charge in [-0.3, -0.25) is 0 Å². The standard InChI is InChI=1S/C9H15N3O4/c1-3-15-9(13)8-11-7(16-12-8)4-6(5-10)14-2/h6H,3-5,10H2,1-2H3. The van der Waals surface area contributed by atoms with Gasteiger partial charge in [-0.25, -0.2) is 4.79 Å². The highest BCUT2D eigenvalue weighted by molar-refractivity contribution is 5.84. The molecule has 0 aliphatic heterocycles. The van der Waals surface area contributed by atoms with Crippen molar-refractivity contribution in [3.63, 3.8) is 0 Å². The highest BCUT2D eigenvalue weighted by Gasteiger charge is 2.17. The molecule has 0 bridgehead atoms. The van der Waals surface area contributed by atoms with Crippen LogP contribution in [0.15, 0.2) is 4.52 Å². The largest absolute Gasteiger partial charge is 0.460 e. The average Bonchev–Trinajstić information content (AvgIpc) is 2.74. The van der Waals surface area contributed by atoms with Crippen LogP contribution in [0.4, 0.5) is 0 Å². The lowest BCUT2D eigenvalue weighted by Crippen LogP contribution is -2.24. The maximum atomic E-state index is 11.2. The lowest BCUT2D eigenvalue weighted by Gasteiger charge is -2.08. The minimum absolute atomic E-state index is 0.0799. The fraction of sp³-hybridized carbons (Fsp3) is 0.667. The van der Waals surface area contributed by atoms with E-state index in [9.17, 15) is 4.79 Å². The van der Waals surface area contributed by atoms with Crippen molar-refractivity contribution in [3.8, 4) is 0 Å². The molecule has 0 saturated heterocycles. The van der Waals surface area contributed by atoms with E-state index >= 15 is 0 Å². The van der Waals surface area contributed by atoms with E-state index in [1.165, 1.54) is 0 Å². The fourth-order valence-corrected chi connectivity index (χ4v) is 1.07. The molecule has 16 heavy (non-hydrogen) atoms. The van der Waals surface area contributed by atoms with E-state index in [0.29, 0.717) is 18.9 Å². The van der Waals surface area contributed by atoms with Crippen molar-refractivity contribution < 1.29 is 18.8 Å². The molecule has 90 valence electrons. The van der Waals surface area contributed by atoms with Gasteiger partial charge in [-0.1, -0.05) is 0 Å². The maximum Gasteiger partial charge on any atom is 0.379 e. The minimum Gasteiger partial charge on any atom is -0.460 e. The van der Waals surface area contributed by atoms with Gasteiger partial charge in [0.25, 0.3) is 5.82 Å². The molecule has 7 nitrogen and oxygen atoms in total. The predicted octanol–water partition coefficient (Wildman–Crippen LogP) is -0.237. The lowest BCUT2D eigenvalue weighted by molar-refractivity contribution is 0.0508. The topological polar surface area (TPSA) is 100 Å². The molecule has 0 amide bonds. The van der Waals surface area contributed by atoms with Crippen LogP contribution in [-0.2, 0) is 15.9 Å². The number of aromatic nitrogens is 2. The number of carbonyl (C=O) groups excluding carboxylic acids is 1. The third kappa shape index (κ3) is 3.28. The van der Waals surface area contributed by atoms with Crippen molar-refractivity contribution in [3.05, 3.63) is 11.7 Å². The van der Waals surface area contributed by atoms with Gasteiger partial charge >= 0.3 is 5.97 Å². The van der Waals surface area contributed by atoms with Gasteiger partial charge in [-0.05, 0) is 12.1 Å². The zero-order valence-corrected chi connectivity index (χ0v) is 9.30. The molecule has 1 rings (SSSR count). The van der Waals surface area contributed by atoms with Crippen LogP contribution in [-0.4, -0.2) is 42.5 Å². The number of hydrogen-bond acceptors (Lipinski definition) is 7. The number of carbonyl (C=O) groups is 1. The van der Waals surface area contributed by atoms with Crippen molar-refractivity contribution in [1.82, 2.24) is 10.1 Å². The third-order valence-corrected chi connectivity index (χ3v) is 1.92. The highest BCUT2D eigenvalue weighted by Crippen LogP contribution is 2.04. The molecule has 1 atom stereocenters. The van der Waals surface area contributed by atoms with Crippen LogP contribution in [0.1, 0.15) is 23.4 Å². The van der Waals surface area contributed by atoms with Gasteiger partial charge in [-0.15, -0.1) is 0 Å². The van der Waals surface area contributed by atoms with Gasteiger partial charge in [0.1, 0.15) is 0 Å². The molecule has 1 aromatic heterocycles. The van der Waals surface area contributed by atoms with Crippen LogP contribution >= 0.6 is 0 Å². The summed E-state index contributed by atoms with van der Waals surface area (Å²) in [5.41, 5.74) is 5.44. The number of ether oxygens (including phenoxy) is 2. The second kappa shape index (κ2) is 6.19. The first kappa shape index (κ1) is 12.6. The van der Waals surface area contributed by atoms with Gasteiger partial charge < -0.3 is 19.7 Å². The maximum absolute atomic E-state index is 11.2. The summed E-state index contributed by atoms with van der Waals surface area (Å²) in [6, 6.07) is 0. The summed E-state index contributed by atoms with van der Waals surface area (Å²) in [5, 5.41) is 3.50. The number of nitrogens with two attached hydrogens (primary N) is 1. The predicted molar refractivity (Wildman–Crippen MR) is 53.8 cm³/mol. The number of hydrogen-bond donors (Lipinski definition) is 1. The van der Waals surface area contributed by atoms with Crippen LogP contribution in [0.25, 0.3) is 0 Å². The Labute approximate surface area is 92.9 Å². The summed E-state index contributed by atoms with van der Waals surface area (Å²) in [5.74, 6) is -0.372. The first-order valence-electron chi connectivity index (χ1n) is 4.93. The molecule has 1 heterocycles. The summed E-state index contributed by atoms with van der Waals surface area (Å²) in [6.07, 6.45) is 0.176. The number of methoxy groups -OCH3 is 1. The summed E-state index contributed by atoms with van der Waals surface area (Å²) in [6.45, 7) is 2.31. The number of esters is 1. The summed E-state index contributed by atoms with van der Waals surface area (Å²) in [7, 11) is 1.54. The molecule has 0 saturated carbocycles. The van der Waals surface area contributed by atoms with Gasteiger partial charge in [-0.2, -0.15) is 4.98 Å². The lowest BCUT2D eigenvalue weighted by atomic mass is 10.2. The first-order valence-corrected chi connectivity index (χ1v) is 4.93. The second-order valence-electron chi connectivity index (χ2n) is 3.03. The van der Waals surface area contributed by atoms with E-state index < -0.39 is 5.97 Å². The summed E-state index contributed by atoms with van der Waals surface area (Å²) >= 11 is 0. The molecule has 0 spiro atoms. The van der Waals surface area contributed by atoms with Crippen molar-refractivity contribution >= 4 is 5.97 Å². The molecule has 0 fully saturated rings. The zero-order chi connectivity index (χ0) is 12.0. The van der Waals surface area contributed by atoms with E-state index in [1.807, 2.05) is 0 Å². The zero-order valence-electron chi connectivity index (χ0n) is 9.30. The fourth-order valence-electron chi connectivity index (χ4n) is 1.07. The Morgan fingerprint density at radius 3 is 2.94 bits per heavy atom. The van der Waals surface area contributed by atoms with Crippen molar-refractivity contribution in [1.29, 1.82) is 0 Å². The molecular formula is C9H15N3O4. The van der Waals surface area contributed by atoms with Gasteiger partial charge in [0.15, 0.2) is 0 Å². The Balaban J connectivity index is 2.60. The van der Waals surface area contributed by atoms with Crippen LogP contribution in [0.2, 0.25) is 0 Å². The quantitative estimate of drug-likeness (QED) is 0.672. The molecule has 0 aromatic carbocycles. The first-order chi connectivity index (χ1) is 7.71. The van der Waals surface area contributed by atoms with E-state index in [2.05, 4.69) is 10.1 Å². The Morgan fingerprint density at radius 1 is 1.62 bits per heavy atom. The molecule has 2 N–H and O–H groups in total. The average molecular weight is 229 g/mol. The summed E-state index contributed by atoms with van der Waals surface area (Å²) < 4.78 is 14.6. The van der Waals surface area contributed by atoms with Crippen LogP contribution < -0.4 is 5.73 Å². The Kier molecular flexibility index (Phi) is 4.87. The third-order valence-electron chi connectivity index (χ3n) is 1.92. The smallest absolute Gasteiger partial charge is 0.379 e.